The van der Waals surface area contributed by atoms with Crippen LogP contribution in [-0.2, 0) is 14.3 Å². The molecule has 42 heavy (non-hydrogen) atoms. The van der Waals surface area contributed by atoms with Gasteiger partial charge in [-0.2, -0.15) is 0 Å². The van der Waals surface area contributed by atoms with Gasteiger partial charge in [-0.15, -0.1) is 6.42 Å². The molecule has 0 saturated carbocycles. The van der Waals surface area contributed by atoms with Crippen LogP contribution in [0.1, 0.15) is 70.5 Å². The third-order valence-corrected chi connectivity index (χ3v) is 6.68. The number of terminal acetylenes is 1. The quantitative estimate of drug-likeness (QED) is 0.188. The number of hydrogen-bond donors (Lipinski definition) is 3. The number of alkyl carbamates (subject to hydrolysis) is 1. The average molecular weight is 572 g/mol. The molecule has 0 aliphatic rings. The number of nitrogens with zero attached hydrogens (tertiary/aromatic N) is 1. The molecule has 3 aromatic rings. The van der Waals surface area contributed by atoms with Gasteiger partial charge in [0, 0.05) is 17.8 Å². The summed E-state index contributed by atoms with van der Waals surface area (Å²) in [5, 5.41) is 17.6. The molecule has 2 unspecified atom stereocenters. The molecule has 0 aliphatic carbocycles. The first-order valence-corrected chi connectivity index (χ1v) is 14.3. The van der Waals surface area contributed by atoms with Gasteiger partial charge < -0.3 is 25.4 Å². The van der Waals surface area contributed by atoms with Gasteiger partial charge in [0.05, 0.1) is 6.61 Å². The molecule has 2 atom stereocenters. The average Bonchev–Trinajstić information content (AvgIpc) is 2.96. The Kier molecular flexibility index (Phi) is 11.5. The minimum absolute atomic E-state index is 0.234. The summed E-state index contributed by atoms with van der Waals surface area (Å²) >= 11 is 0. The number of rotatable bonds is 12. The third kappa shape index (κ3) is 9.08. The number of carbonyl (C=O) groups is 3. The molecule has 3 N–H and O–H groups in total. The van der Waals surface area contributed by atoms with Gasteiger partial charge in [0.25, 0.3) is 5.91 Å². The number of aliphatic hydroxyl groups excluding tert-OH is 1. The fourth-order valence-corrected chi connectivity index (χ4v) is 4.62. The second kappa shape index (κ2) is 15.0. The van der Waals surface area contributed by atoms with E-state index in [1.807, 2.05) is 42.5 Å². The normalized spacial score (nSPS) is 12.6. The second-order valence-electron chi connectivity index (χ2n) is 11.2. The first-order chi connectivity index (χ1) is 20.1. The maximum atomic E-state index is 14.0. The molecule has 8 heteroatoms. The van der Waals surface area contributed by atoms with Gasteiger partial charge in [-0.05, 0) is 67.8 Å². The van der Waals surface area contributed by atoms with Crippen LogP contribution in [0.15, 0.2) is 66.7 Å². The maximum absolute atomic E-state index is 14.0. The number of unbranched alkanes of at least 4 members (excludes halogenated alkanes) is 3. The van der Waals surface area contributed by atoms with E-state index < -0.39 is 42.2 Å². The van der Waals surface area contributed by atoms with Crippen LogP contribution in [0.4, 0.5) is 10.5 Å². The van der Waals surface area contributed by atoms with Gasteiger partial charge >= 0.3 is 6.09 Å². The highest BCUT2D eigenvalue weighted by molar-refractivity contribution is 6.00. The van der Waals surface area contributed by atoms with E-state index in [-0.39, 0.29) is 6.54 Å². The van der Waals surface area contributed by atoms with Crippen LogP contribution >= 0.6 is 0 Å². The highest BCUT2D eigenvalue weighted by atomic mass is 16.6. The minimum atomic E-state index is -1.31. The number of amides is 3. The van der Waals surface area contributed by atoms with Gasteiger partial charge in [0.2, 0.25) is 5.91 Å². The Hall–Kier alpha value is -4.35. The molecule has 0 saturated heterocycles. The molecule has 0 spiro atoms. The zero-order valence-corrected chi connectivity index (χ0v) is 24.9. The molecule has 222 valence electrons. The number of aliphatic hydroxyl groups is 1. The lowest BCUT2D eigenvalue weighted by molar-refractivity contribution is -0.141. The van der Waals surface area contributed by atoms with Crippen LogP contribution in [0.25, 0.3) is 10.8 Å². The molecule has 0 heterocycles. The van der Waals surface area contributed by atoms with E-state index in [0.29, 0.717) is 23.2 Å². The van der Waals surface area contributed by atoms with Gasteiger partial charge in [-0.1, -0.05) is 74.6 Å². The largest absolute Gasteiger partial charge is 0.444 e. The Morgan fingerprint density at radius 3 is 2.29 bits per heavy atom. The van der Waals surface area contributed by atoms with Crippen LogP contribution in [0.2, 0.25) is 0 Å². The number of fused-ring (bicyclic) bond motifs is 1. The molecular formula is C34H41N3O5. The summed E-state index contributed by atoms with van der Waals surface area (Å²) in [6, 6.07) is 17.9. The molecule has 0 aromatic heterocycles. The number of nitrogens with one attached hydrogen (secondary N) is 2. The number of ether oxygens (including phenoxy) is 1. The molecule has 3 aromatic carbocycles. The highest BCUT2D eigenvalue weighted by Gasteiger charge is 2.36. The van der Waals surface area contributed by atoms with E-state index in [0.717, 1.165) is 30.0 Å². The van der Waals surface area contributed by atoms with Crippen LogP contribution in [-0.4, -0.2) is 52.7 Å². The van der Waals surface area contributed by atoms with Gasteiger partial charge in [0.15, 0.2) is 0 Å². The van der Waals surface area contributed by atoms with Crippen molar-refractivity contribution in [1.82, 2.24) is 10.2 Å². The van der Waals surface area contributed by atoms with Crippen molar-refractivity contribution in [2.24, 2.45) is 0 Å². The zero-order chi connectivity index (χ0) is 30.7. The van der Waals surface area contributed by atoms with Crippen LogP contribution in [0.5, 0.6) is 0 Å². The Morgan fingerprint density at radius 2 is 1.67 bits per heavy atom. The monoisotopic (exact) mass is 571 g/mol. The maximum Gasteiger partial charge on any atom is 0.408 e. The van der Waals surface area contributed by atoms with E-state index >= 15 is 0 Å². The first kappa shape index (κ1) is 32.2. The second-order valence-corrected chi connectivity index (χ2v) is 11.2. The fourth-order valence-electron chi connectivity index (χ4n) is 4.62. The summed E-state index contributed by atoms with van der Waals surface area (Å²) in [6.45, 7) is 6.76. The van der Waals surface area contributed by atoms with Crippen LogP contribution in [0.3, 0.4) is 0 Å². The van der Waals surface area contributed by atoms with Crippen molar-refractivity contribution in [1.29, 1.82) is 0 Å². The van der Waals surface area contributed by atoms with Crippen molar-refractivity contribution < 1.29 is 24.2 Å². The summed E-state index contributed by atoms with van der Waals surface area (Å²) in [4.78, 5) is 42.0. The molecule has 8 nitrogen and oxygen atoms in total. The molecule has 3 rings (SSSR count). The van der Waals surface area contributed by atoms with Crippen molar-refractivity contribution in [3.05, 3.63) is 77.9 Å². The Morgan fingerprint density at radius 1 is 0.976 bits per heavy atom. The summed E-state index contributed by atoms with van der Waals surface area (Å²) < 4.78 is 5.32. The van der Waals surface area contributed by atoms with E-state index in [9.17, 15) is 19.5 Å². The third-order valence-electron chi connectivity index (χ3n) is 6.68. The van der Waals surface area contributed by atoms with Gasteiger partial charge in [-0.25, -0.2) is 4.79 Å². The first-order valence-electron chi connectivity index (χ1n) is 14.3. The molecule has 0 aliphatic heterocycles. The standard InChI is InChI=1S/C34H41N3O5/c1-6-8-9-12-21-37(32(40)29(23-38)36-33(41)42-34(3,4)5)30(26-17-15-24(7-2)16-18-26)31(39)35-28-20-19-25-13-10-11-14-27(25)22-28/h2,10-11,13-20,22,29-30,38H,6,8-9,12,21,23H2,1,3-5H3,(H,35,39)(H,36,41). The number of carbonyl (C=O) groups excluding carboxylic acids is 3. The molecule has 3 amide bonds. The van der Waals surface area contributed by atoms with Crippen molar-refractivity contribution in [2.45, 2.75) is 71.1 Å². The number of benzene rings is 3. The predicted octanol–water partition coefficient (Wildman–Crippen LogP) is 5.80. The van der Waals surface area contributed by atoms with Gasteiger partial charge in [0.1, 0.15) is 17.7 Å². The van der Waals surface area contributed by atoms with E-state index in [1.54, 1.807) is 45.0 Å². The Bertz CT molecular complexity index is 1410. The topological polar surface area (TPSA) is 108 Å². The van der Waals surface area contributed by atoms with Crippen molar-refractivity contribution >= 4 is 34.4 Å². The van der Waals surface area contributed by atoms with Crippen LogP contribution < -0.4 is 10.6 Å². The zero-order valence-electron chi connectivity index (χ0n) is 24.9. The van der Waals surface area contributed by atoms with Crippen molar-refractivity contribution in [2.75, 3.05) is 18.5 Å². The van der Waals surface area contributed by atoms with E-state index in [1.165, 1.54) is 4.90 Å². The van der Waals surface area contributed by atoms with Crippen molar-refractivity contribution in [3.8, 4) is 12.3 Å². The predicted molar refractivity (Wildman–Crippen MR) is 166 cm³/mol. The number of hydrogen-bond acceptors (Lipinski definition) is 5. The van der Waals surface area contributed by atoms with Crippen LogP contribution in [0, 0.1) is 12.3 Å². The van der Waals surface area contributed by atoms with Gasteiger partial charge in [-0.3, -0.25) is 9.59 Å². The Balaban J connectivity index is 2.00. The summed E-state index contributed by atoms with van der Waals surface area (Å²) in [5.41, 5.74) is 0.958. The molecule has 0 fully saturated rings. The lowest BCUT2D eigenvalue weighted by Gasteiger charge is -2.34. The Labute approximate surface area is 248 Å². The molecular weight excluding hydrogens is 530 g/mol. The lowest BCUT2D eigenvalue weighted by Crippen LogP contribution is -2.54. The SMILES string of the molecule is C#Cc1ccc(C(C(=O)Nc2ccc3ccccc3c2)N(CCCCCC)C(=O)C(CO)NC(=O)OC(C)(C)C)cc1. The number of anilines is 1. The lowest BCUT2D eigenvalue weighted by atomic mass is 10.0. The van der Waals surface area contributed by atoms with E-state index in [4.69, 9.17) is 11.2 Å². The van der Waals surface area contributed by atoms with E-state index in [2.05, 4.69) is 23.5 Å². The fraction of sp³-hybridized carbons (Fsp3) is 0.382. The minimum Gasteiger partial charge on any atom is -0.444 e. The van der Waals surface area contributed by atoms with Crippen molar-refractivity contribution in [3.63, 3.8) is 0 Å². The molecule has 0 radical (unpaired) electrons. The summed E-state index contributed by atoms with van der Waals surface area (Å²) in [5.74, 6) is 1.54. The molecule has 0 bridgehead atoms. The smallest absolute Gasteiger partial charge is 0.408 e. The highest BCUT2D eigenvalue weighted by Crippen LogP contribution is 2.27. The summed E-state index contributed by atoms with van der Waals surface area (Å²) in [6.07, 6.45) is 8.16. The summed E-state index contributed by atoms with van der Waals surface area (Å²) in [7, 11) is 0.